The molecule has 1 aromatic carbocycles. The third-order valence-corrected chi connectivity index (χ3v) is 3.23. The van der Waals surface area contributed by atoms with Crippen LogP contribution in [0.1, 0.15) is 30.9 Å². The van der Waals surface area contributed by atoms with Gasteiger partial charge in [-0.25, -0.2) is 0 Å². The molecule has 0 aliphatic carbocycles. The van der Waals surface area contributed by atoms with E-state index in [2.05, 4.69) is 37.4 Å². The number of hydrogen-bond donors (Lipinski definition) is 1. The maximum absolute atomic E-state index is 5.47. The highest BCUT2D eigenvalue weighted by atomic mass is 16.5. The van der Waals surface area contributed by atoms with E-state index in [0.717, 1.165) is 18.8 Å². The van der Waals surface area contributed by atoms with Gasteiger partial charge in [-0.1, -0.05) is 26.0 Å². The van der Waals surface area contributed by atoms with Crippen LogP contribution in [-0.4, -0.2) is 13.7 Å². The van der Waals surface area contributed by atoms with Crippen molar-refractivity contribution in [2.75, 3.05) is 13.7 Å². The second-order valence-corrected chi connectivity index (χ2v) is 4.51. The van der Waals surface area contributed by atoms with E-state index >= 15 is 0 Å². The molecule has 1 aliphatic heterocycles. The smallest absolute Gasteiger partial charge is 0.122 e. The van der Waals surface area contributed by atoms with Crippen molar-refractivity contribution in [3.8, 4) is 5.75 Å². The zero-order chi connectivity index (χ0) is 10.8. The molecular formula is C13H19NO. The Labute approximate surface area is 91.6 Å². The molecule has 2 nitrogen and oxygen atoms in total. The van der Waals surface area contributed by atoms with Crippen LogP contribution < -0.4 is 10.1 Å². The first-order valence-electron chi connectivity index (χ1n) is 5.60. The number of nitrogens with one attached hydrogen (secondary N) is 1. The Hall–Kier alpha value is -1.02. The van der Waals surface area contributed by atoms with Gasteiger partial charge in [-0.15, -0.1) is 0 Å². The molecule has 1 atom stereocenters. The van der Waals surface area contributed by atoms with Crippen molar-refractivity contribution < 1.29 is 4.74 Å². The lowest BCUT2D eigenvalue weighted by Crippen LogP contribution is -2.31. The minimum Gasteiger partial charge on any atom is -0.496 e. The Balaban J connectivity index is 2.47. The van der Waals surface area contributed by atoms with Crippen LogP contribution in [0.2, 0.25) is 0 Å². The van der Waals surface area contributed by atoms with E-state index < -0.39 is 0 Å². The van der Waals surface area contributed by atoms with Crippen LogP contribution in [-0.2, 0) is 6.54 Å². The fourth-order valence-electron chi connectivity index (χ4n) is 2.38. The highest BCUT2D eigenvalue weighted by Gasteiger charge is 2.25. The van der Waals surface area contributed by atoms with Crippen molar-refractivity contribution in [2.45, 2.75) is 26.3 Å². The molecule has 0 saturated heterocycles. The molecule has 82 valence electrons. The molecule has 1 aliphatic rings. The molecule has 0 bridgehead atoms. The topological polar surface area (TPSA) is 21.3 Å². The molecular weight excluding hydrogens is 186 g/mol. The summed E-state index contributed by atoms with van der Waals surface area (Å²) in [5.74, 6) is 2.27. The normalized spacial score (nSPS) is 20.1. The molecule has 0 radical (unpaired) electrons. The van der Waals surface area contributed by atoms with Crippen molar-refractivity contribution in [2.24, 2.45) is 5.92 Å². The van der Waals surface area contributed by atoms with Crippen LogP contribution >= 0.6 is 0 Å². The fourth-order valence-corrected chi connectivity index (χ4v) is 2.38. The lowest BCUT2D eigenvalue weighted by molar-refractivity contribution is 0.377. The lowest BCUT2D eigenvalue weighted by atomic mass is 9.82. The minimum atomic E-state index is 0.574. The summed E-state index contributed by atoms with van der Waals surface area (Å²) in [7, 11) is 1.76. The Morgan fingerprint density at radius 3 is 2.87 bits per heavy atom. The van der Waals surface area contributed by atoms with Crippen molar-refractivity contribution in [3.63, 3.8) is 0 Å². The van der Waals surface area contributed by atoms with Crippen molar-refractivity contribution in [1.82, 2.24) is 5.32 Å². The van der Waals surface area contributed by atoms with Gasteiger partial charge in [0.2, 0.25) is 0 Å². The predicted octanol–water partition coefficient (Wildman–Crippen LogP) is 2.54. The molecule has 2 heteroatoms. The Morgan fingerprint density at radius 2 is 2.20 bits per heavy atom. The molecule has 1 aromatic rings. The van der Waals surface area contributed by atoms with Gasteiger partial charge in [0, 0.05) is 24.6 Å². The number of ether oxygens (including phenoxy) is 1. The summed E-state index contributed by atoms with van der Waals surface area (Å²) in [5, 5.41) is 3.47. The van der Waals surface area contributed by atoms with E-state index in [1.807, 2.05) is 0 Å². The van der Waals surface area contributed by atoms with Gasteiger partial charge in [0.15, 0.2) is 0 Å². The first-order chi connectivity index (χ1) is 7.24. The Morgan fingerprint density at radius 1 is 1.40 bits per heavy atom. The van der Waals surface area contributed by atoms with Crippen molar-refractivity contribution in [3.05, 3.63) is 29.3 Å². The van der Waals surface area contributed by atoms with Crippen LogP contribution in [0.15, 0.2) is 18.2 Å². The van der Waals surface area contributed by atoms with Crippen LogP contribution in [0.25, 0.3) is 0 Å². The average Bonchev–Trinajstić information content (AvgIpc) is 2.27. The standard InChI is InChI=1S/C13H19NO/c1-9(2)11-8-14-7-10-5-4-6-12(15-3)13(10)11/h4-6,9,11,14H,7-8H2,1-3H3. The molecule has 1 N–H and O–H groups in total. The number of fused-ring (bicyclic) bond motifs is 1. The summed E-state index contributed by atoms with van der Waals surface area (Å²) in [6.07, 6.45) is 0. The maximum atomic E-state index is 5.47. The van der Waals surface area contributed by atoms with Crippen molar-refractivity contribution >= 4 is 0 Å². The summed E-state index contributed by atoms with van der Waals surface area (Å²) in [4.78, 5) is 0. The fraction of sp³-hybridized carbons (Fsp3) is 0.538. The second kappa shape index (κ2) is 4.23. The van der Waals surface area contributed by atoms with E-state index in [0.29, 0.717) is 11.8 Å². The van der Waals surface area contributed by atoms with Crippen LogP contribution in [0.3, 0.4) is 0 Å². The summed E-state index contributed by atoms with van der Waals surface area (Å²) in [6, 6.07) is 6.33. The first kappa shape index (κ1) is 10.5. The molecule has 2 rings (SSSR count). The second-order valence-electron chi connectivity index (χ2n) is 4.51. The van der Waals surface area contributed by atoms with E-state index in [4.69, 9.17) is 4.74 Å². The number of benzene rings is 1. The van der Waals surface area contributed by atoms with E-state index in [9.17, 15) is 0 Å². The molecule has 15 heavy (non-hydrogen) atoms. The average molecular weight is 205 g/mol. The van der Waals surface area contributed by atoms with Gasteiger partial charge >= 0.3 is 0 Å². The Kier molecular flexibility index (Phi) is 2.96. The molecule has 0 amide bonds. The van der Waals surface area contributed by atoms with E-state index in [1.165, 1.54) is 11.1 Å². The zero-order valence-corrected chi connectivity index (χ0v) is 9.71. The highest BCUT2D eigenvalue weighted by molar-refractivity contribution is 5.44. The Bertz CT molecular complexity index is 332. The van der Waals surface area contributed by atoms with Gasteiger partial charge in [0.05, 0.1) is 7.11 Å². The number of methoxy groups -OCH3 is 1. The predicted molar refractivity (Wildman–Crippen MR) is 62.3 cm³/mol. The third kappa shape index (κ3) is 1.86. The van der Waals surface area contributed by atoms with Crippen LogP contribution in [0.4, 0.5) is 0 Å². The number of rotatable bonds is 2. The van der Waals surface area contributed by atoms with Gasteiger partial charge < -0.3 is 10.1 Å². The summed E-state index contributed by atoms with van der Waals surface area (Å²) in [5.41, 5.74) is 2.80. The summed E-state index contributed by atoms with van der Waals surface area (Å²) < 4.78 is 5.47. The molecule has 1 unspecified atom stereocenters. The quantitative estimate of drug-likeness (QED) is 0.801. The maximum Gasteiger partial charge on any atom is 0.122 e. The van der Waals surface area contributed by atoms with E-state index in [1.54, 1.807) is 7.11 Å². The lowest BCUT2D eigenvalue weighted by Gasteiger charge is -2.30. The first-order valence-corrected chi connectivity index (χ1v) is 5.60. The summed E-state index contributed by atoms with van der Waals surface area (Å²) in [6.45, 7) is 6.57. The minimum absolute atomic E-state index is 0.574. The molecule has 0 aromatic heterocycles. The van der Waals surface area contributed by atoms with Gasteiger partial charge in [0.25, 0.3) is 0 Å². The third-order valence-electron chi connectivity index (χ3n) is 3.23. The van der Waals surface area contributed by atoms with Gasteiger partial charge in [-0.05, 0) is 17.5 Å². The highest BCUT2D eigenvalue weighted by Crippen LogP contribution is 2.36. The van der Waals surface area contributed by atoms with Gasteiger partial charge in [-0.3, -0.25) is 0 Å². The summed E-state index contributed by atoms with van der Waals surface area (Å²) >= 11 is 0. The molecule has 0 fully saturated rings. The van der Waals surface area contributed by atoms with Crippen LogP contribution in [0.5, 0.6) is 5.75 Å². The van der Waals surface area contributed by atoms with Crippen molar-refractivity contribution in [1.29, 1.82) is 0 Å². The van der Waals surface area contributed by atoms with Gasteiger partial charge in [0.1, 0.15) is 5.75 Å². The SMILES string of the molecule is COc1cccc2c1C(C(C)C)CNC2. The van der Waals surface area contributed by atoms with Crippen LogP contribution in [0, 0.1) is 5.92 Å². The number of hydrogen-bond acceptors (Lipinski definition) is 2. The zero-order valence-electron chi connectivity index (χ0n) is 9.71. The molecule has 0 saturated carbocycles. The van der Waals surface area contributed by atoms with E-state index in [-0.39, 0.29) is 0 Å². The molecule has 0 spiro atoms. The van der Waals surface area contributed by atoms with Gasteiger partial charge in [-0.2, -0.15) is 0 Å². The largest absolute Gasteiger partial charge is 0.496 e. The monoisotopic (exact) mass is 205 g/mol. The molecule has 1 heterocycles.